The molecule has 0 spiro atoms. The van der Waals surface area contributed by atoms with Gasteiger partial charge in [-0.2, -0.15) is 0 Å². The molecule has 22 heavy (non-hydrogen) atoms. The van der Waals surface area contributed by atoms with Crippen LogP contribution in [0, 0.1) is 0 Å². The Balaban J connectivity index is 2.38. The van der Waals surface area contributed by atoms with Gasteiger partial charge < -0.3 is 14.6 Å². The zero-order chi connectivity index (χ0) is 16.3. The maximum absolute atomic E-state index is 11.8. The summed E-state index contributed by atoms with van der Waals surface area (Å²) >= 11 is 0. The summed E-state index contributed by atoms with van der Waals surface area (Å²) in [5, 5.41) is 12.5. The fourth-order valence-corrected chi connectivity index (χ4v) is 1.92. The van der Waals surface area contributed by atoms with Gasteiger partial charge in [-0.05, 0) is 32.2 Å². The van der Waals surface area contributed by atoms with Crippen molar-refractivity contribution in [3.8, 4) is 5.75 Å². The van der Waals surface area contributed by atoms with Gasteiger partial charge in [-0.1, -0.05) is 24.3 Å². The molecular formula is C16H17NO5. The third-order valence-corrected chi connectivity index (χ3v) is 2.66. The lowest BCUT2D eigenvalue weighted by Gasteiger charge is -2.19. The first kappa shape index (κ1) is 15.6. The van der Waals surface area contributed by atoms with Crippen LogP contribution in [-0.2, 0) is 4.74 Å². The molecule has 0 fully saturated rings. The lowest BCUT2D eigenvalue weighted by Crippen LogP contribution is -2.26. The van der Waals surface area contributed by atoms with Crippen LogP contribution in [0.1, 0.15) is 20.8 Å². The first-order valence-corrected chi connectivity index (χ1v) is 6.68. The van der Waals surface area contributed by atoms with Crippen LogP contribution in [0.5, 0.6) is 5.75 Å². The van der Waals surface area contributed by atoms with E-state index in [1.165, 1.54) is 6.07 Å². The van der Waals surface area contributed by atoms with Crippen molar-refractivity contribution in [3.63, 3.8) is 0 Å². The highest BCUT2D eigenvalue weighted by Gasteiger charge is 2.19. The first-order chi connectivity index (χ1) is 10.2. The van der Waals surface area contributed by atoms with Crippen molar-refractivity contribution >= 4 is 28.7 Å². The largest absolute Gasteiger partial charge is 0.514 e. The van der Waals surface area contributed by atoms with Crippen LogP contribution in [0.4, 0.5) is 15.3 Å². The fraction of sp³-hybridized carbons (Fsp3) is 0.250. The lowest BCUT2D eigenvalue weighted by molar-refractivity contribution is 0.0209. The molecule has 6 heteroatoms. The molecule has 6 nitrogen and oxygen atoms in total. The molecule has 0 aliphatic rings. The van der Waals surface area contributed by atoms with Crippen LogP contribution >= 0.6 is 0 Å². The average Bonchev–Trinajstić information content (AvgIpc) is 2.35. The van der Waals surface area contributed by atoms with Gasteiger partial charge >= 0.3 is 12.2 Å². The van der Waals surface area contributed by atoms with E-state index in [2.05, 4.69) is 5.32 Å². The molecular weight excluding hydrogens is 286 g/mol. The number of anilines is 1. The summed E-state index contributed by atoms with van der Waals surface area (Å²) in [6.45, 7) is 5.19. The van der Waals surface area contributed by atoms with Crippen molar-refractivity contribution in [2.75, 3.05) is 5.32 Å². The van der Waals surface area contributed by atoms with Crippen molar-refractivity contribution in [2.45, 2.75) is 26.4 Å². The number of carbonyl (C=O) groups is 2. The zero-order valence-corrected chi connectivity index (χ0v) is 12.5. The third kappa shape index (κ3) is 4.12. The van der Waals surface area contributed by atoms with Crippen molar-refractivity contribution < 1.29 is 24.2 Å². The Kier molecular flexibility index (Phi) is 4.21. The van der Waals surface area contributed by atoms with Gasteiger partial charge in [0.25, 0.3) is 0 Å². The average molecular weight is 303 g/mol. The second-order valence-corrected chi connectivity index (χ2v) is 5.69. The highest BCUT2D eigenvalue weighted by Crippen LogP contribution is 2.30. The lowest BCUT2D eigenvalue weighted by atomic mass is 10.1. The normalized spacial score (nSPS) is 11.0. The number of hydrogen-bond donors (Lipinski definition) is 2. The van der Waals surface area contributed by atoms with E-state index in [9.17, 15) is 9.59 Å². The van der Waals surface area contributed by atoms with Crippen molar-refractivity contribution in [2.24, 2.45) is 0 Å². The first-order valence-electron chi connectivity index (χ1n) is 6.68. The van der Waals surface area contributed by atoms with Crippen molar-refractivity contribution in [3.05, 3.63) is 36.4 Å². The monoisotopic (exact) mass is 303 g/mol. The Labute approximate surface area is 127 Å². The molecule has 0 atom stereocenters. The van der Waals surface area contributed by atoms with Gasteiger partial charge in [0.15, 0.2) is 0 Å². The molecule has 0 bridgehead atoms. The van der Waals surface area contributed by atoms with Gasteiger partial charge in [0.1, 0.15) is 11.4 Å². The van der Waals surface area contributed by atoms with Gasteiger partial charge in [-0.25, -0.2) is 9.59 Å². The predicted molar refractivity (Wildman–Crippen MR) is 82.5 cm³/mol. The van der Waals surface area contributed by atoms with Crippen LogP contribution in [-0.4, -0.2) is 23.0 Å². The summed E-state index contributed by atoms with van der Waals surface area (Å²) in [6, 6.07) is 10.3. The van der Waals surface area contributed by atoms with Crippen LogP contribution in [0.15, 0.2) is 36.4 Å². The maximum atomic E-state index is 11.8. The van der Waals surface area contributed by atoms with Gasteiger partial charge in [0, 0.05) is 17.1 Å². The molecule has 2 aromatic carbocycles. The smallest absolute Gasteiger partial charge is 0.465 e. The minimum atomic E-state index is -1.20. The zero-order valence-electron chi connectivity index (χ0n) is 12.5. The quantitative estimate of drug-likeness (QED) is 0.640. The molecule has 0 heterocycles. The molecule has 2 rings (SSSR count). The molecule has 0 unspecified atom stereocenters. The van der Waals surface area contributed by atoms with Gasteiger partial charge in [-0.3, -0.25) is 5.32 Å². The van der Waals surface area contributed by atoms with Crippen molar-refractivity contribution in [1.82, 2.24) is 0 Å². The highest BCUT2D eigenvalue weighted by atomic mass is 16.7. The molecule has 0 aliphatic heterocycles. The Bertz CT molecular complexity index is 718. The third-order valence-electron chi connectivity index (χ3n) is 2.66. The van der Waals surface area contributed by atoms with Gasteiger partial charge in [0.2, 0.25) is 0 Å². The molecule has 116 valence electrons. The molecule has 2 aromatic rings. The van der Waals surface area contributed by atoms with Crippen molar-refractivity contribution in [1.29, 1.82) is 0 Å². The minimum Gasteiger partial charge on any atom is -0.465 e. The second-order valence-electron chi connectivity index (χ2n) is 5.69. The Morgan fingerprint density at radius 2 is 1.82 bits per heavy atom. The van der Waals surface area contributed by atoms with Crippen LogP contribution < -0.4 is 10.1 Å². The van der Waals surface area contributed by atoms with E-state index in [0.29, 0.717) is 11.1 Å². The number of fused-ring (bicyclic) bond motifs is 1. The van der Waals surface area contributed by atoms with E-state index >= 15 is 0 Å². The van der Waals surface area contributed by atoms with Crippen LogP contribution in [0.25, 0.3) is 10.8 Å². The number of benzene rings is 2. The Morgan fingerprint density at radius 3 is 2.45 bits per heavy atom. The Hall–Kier alpha value is -2.76. The van der Waals surface area contributed by atoms with E-state index in [4.69, 9.17) is 14.6 Å². The number of hydrogen-bond acceptors (Lipinski definition) is 4. The molecule has 2 N–H and O–H groups in total. The second kappa shape index (κ2) is 5.93. The minimum absolute atomic E-state index is 0.233. The number of carbonyl (C=O) groups excluding carboxylic acids is 1. The number of amides is 1. The molecule has 0 aromatic heterocycles. The predicted octanol–water partition coefficient (Wildman–Crippen LogP) is 4.24. The van der Waals surface area contributed by atoms with Gasteiger partial charge in [0.05, 0.1) is 0 Å². The summed E-state index contributed by atoms with van der Waals surface area (Å²) in [6.07, 6.45) is -2.04. The summed E-state index contributed by atoms with van der Waals surface area (Å²) in [5.41, 5.74) is -0.367. The van der Waals surface area contributed by atoms with E-state index in [0.717, 1.165) is 5.39 Å². The Morgan fingerprint density at radius 1 is 1.14 bits per heavy atom. The molecule has 0 saturated heterocycles. The summed E-state index contributed by atoms with van der Waals surface area (Å²) < 4.78 is 10.3. The highest BCUT2D eigenvalue weighted by molar-refractivity contribution is 5.95. The standard InChI is InChI=1S/C16H17NO5/c1-16(2,3)22-15(20)21-13-9-11(17-14(18)19)8-10-6-4-5-7-12(10)13/h4-9,17H,1-3H3,(H,18,19). The molecule has 1 amide bonds. The SMILES string of the molecule is CC(C)(C)OC(=O)Oc1cc(NC(=O)O)cc2ccccc12. The molecule has 0 radical (unpaired) electrons. The van der Waals surface area contributed by atoms with E-state index in [-0.39, 0.29) is 5.75 Å². The van der Waals surface area contributed by atoms with E-state index in [1.54, 1.807) is 45.0 Å². The fourth-order valence-electron chi connectivity index (χ4n) is 1.92. The summed E-state index contributed by atoms with van der Waals surface area (Å²) in [4.78, 5) is 22.6. The summed E-state index contributed by atoms with van der Waals surface area (Å²) in [7, 11) is 0. The number of ether oxygens (including phenoxy) is 2. The maximum Gasteiger partial charge on any atom is 0.514 e. The number of nitrogens with one attached hydrogen (secondary N) is 1. The molecule has 0 saturated carbocycles. The topological polar surface area (TPSA) is 84.9 Å². The van der Waals surface area contributed by atoms with Crippen LogP contribution in [0.2, 0.25) is 0 Å². The number of rotatable bonds is 2. The molecule has 0 aliphatic carbocycles. The van der Waals surface area contributed by atoms with Gasteiger partial charge in [-0.15, -0.1) is 0 Å². The van der Waals surface area contributed by atoms with Crippen LogP contribution in [0.3, 0.4) is 0 Å². The summed E-state index contributed by atoms with van der Waals surface area (Å²) in [5.74, 6) is 0.233. The number of carboxylic acid groups (broad SMARTS) is 1. The van der Waals surface area contributed by atoms with E-state index in [1.807, 2.05) is 6.07 Å². The van der Waals surface area contributed by atoms with E-state index < -0.39 is 17.8 Å².